The van der Waals surface area contributed by atoms with Crippen LogP contribution in [0.3, 0.4) is 0 Å². The Bertz CT molecular complexity index is 1300. The molecule has 0 fully saturated rings. The molecule has 0 N–H and O–H groups in total. The summed E-state index contributed by atoms with van der Waals surface area (Å²) in [6, 6.07) is 0. The standard InChI is InChI=1S/C72H134O6/c1-4-7-10-13-16-19-22-25-27-29-31-33-35-37-38-40-42-44-47-50-53-56-59-62-65-71(74)77-68-69(67-76-70(73)64-61-58-55-52-49-46-24-21-18-15-12-9-6-3)78-72(75)66-63-60-57-54-51-48-45-43-41-39-36-34-32-30-28-26-23-20-17-14-11-8-5-2/h9,12,18,21,46,49,69H,4-8,10-11,13-17,19-20,22-45,47-48,50-68H2,1-3H3/b12-9-,21-18-,49-46-. The number of hydrogen-bond acceptors (Lipinski definition) is 6. The fourth-order valence-electron chi connectivity index (χ4n) is 10.7. The van der Waals surface area contributed by atoms with E-state index in [2.05, 4.69) is 57.2 Å². The van der Waals surface area contributed by atoms with Gasteiger partial charge in [-0.3, -0.25) is 14.4 Å². The van der Waals surface area contributed by atoms with Crippen molar-refractivity contribution in [2.75, 3.05) is 13.2 Å². The molecule has 0 aromatic heterocycles. The Morgan fingerprint density at radius 3 is 0.782 bits per heavy atom. The normalized spacial score (nSPS) is 12.2. The topological polar surface area (TPSA) is 78.9 Å². The molecule has 6 heteroatoms. The van der Waals surface area contributed by atoms with Gasteiger partial charge in [-0.25, -0.2) is 0 Å². The van der Waals surface area contributed by atoms with Crippen LogP contribution in [0.1, 0.15) is 387 Å². The summed E-state index contributed by atoms with van der Waals surface area (Å²) in [6.45, 7) is 6.58. The van der Waals surface area contributed by atoms with Crippen molar-refractivity contribution in [2.45, 2.75) is 393 Å². The van der Waals surface area contributed by atoms with Gasteiger partial charge in [0.2, 0.25) is 0 Å². The highest BCUT2D eigenvalue weighted by Crippen LogP contribution is 2.19. The number of hydrogen-bond donors (Lipinski definition) is 0. The largest absolute Gasteiger partial charge is 0.462 e. The average molecular weight is 1100 g/mol. The molecule has 0 aliphatic rings. The van der Waals surface area contributed by atoms with Gasteiger partial charge in [0.1, 0.15) is 13.2 Å². The van der Waals surface area contributed by atoms with Crippen molar-refractivity contribution in [3.8, 4) is 0 Å². The van der Waals surface area contributed by atoms with Crippen LogP contribution in [-0.2, 0) is 28.6 Å². The smallest absolute Gasteiger partial charge is 0.306 e. The zero-order chi connectivity index (χ0) is 56.4. The minimum atomic E-state index is -0.781. The van der Waals surface area contributed by atoms with E-state index < -0.39 is 6.10 Å². The van der Waals surface area contributed by atoms with E-state index in [0.29, 0.717) is 19.3 Å². The molecule has 0 aliphatic heterocycles. The third-order valence-electron chi connectivity index (χ3n) is 15.9. The van der Waals surface area contributed by atoms with Crippen molar-refractivity contribution < 1.29 is 28.6 Å². The van der Waals surface area contributed by atoms with Gasteiger partial charge < -0.3 is 14.2 Å². The summed E-state index contributed by atoms with van der Waals surface area (Å²) in [6.07, 6.45) is 83.3. The van der Waals surface area contributed by atoms with Gasteiger partial charge in [0.25, 0.3) is 0 Å². The second kappa shape index (κ2) is 67.1. The van der Waals surface area contributed by atoms with Crippen molar-refractivity contribution in [1.82, 2.24) is 0 Å². The van der Waals surface area contributed by atoms with Crippen LogP contribution in [-0.4, -0.2) is 37.2 Å². The van der Waals surface area contributed by atoms with Crippen molar-refractivity contribution in [3.63, 3.8) is 0 Å². The Hall–Kier alpha value is -2.37. The SMILES string of the molecule is CC/C=C\C/C=C\C/C=C\CCCCCC(=O)OCC(COC(=O)CCCCCCCCCCCCCCCCCCCCCCCCCC)OC(=O)CCCCCCCCCCCCCCCCCCCCCCCCC. The molecule has 78 heavy (non-hydrogen) atoms. The van der Waals surface area contributed by atoms with Gasteiger partial charge in [0, 0.05) is 19.3 Å². The minimum Gasteiger partial charge on any atom is -0.462 e. The maximum atomic E-state index is 12.9. The lowest BCUT2D eigenvalue weighted by Crippen LogP contribution is -2.30. The summed E-state index contributed by atoms with van der Waals surface area (Å²) >= 11 is 0. The first-order valence-electron chi connectivity index (χ1n) is 35.0. The van der Waals surface area contributed by atoms with Crippen LogP contribution in [0, 0.1) is 0 Å². The van der Waals surface area contributed by atoms with E-state index in [1.807, 2.05) is 0 Å². The summed E-state index contributed by atoms with van der Waals surface area (Å²) < 4.78 is 17.0. The molecule has 0 amide bonds. The highest BCUT2D eigenvalue weighted by molar-refractivity contribution is 5.71. The van der Waals surface area contributed by atoms with E-state index in [1.54, 1.807) is 0 Å². The van der Waals surface area contributed by atoms with E-state index >= 15 is 0 Å². The van der Waals surface area contributed by atoms with Crippen molar-refractivity contribution in [2.24, 2.45) is 0 Å². The van der Waals surface area contributed by atoms with Gasteiger partial charge in [-0.1, -0.05) is 353 Å². The van der Waals surface area contributed by atoms with Crippen LogP contribution in [0.2, 0.25) is 0 Å². The third kappa shape index (κ3) is 64.5. The molecule has 0 saturated heterocycles. The zero-order valence-electron chi connectivity index (χ0n) is 52.7. The fraction of sp³-hybridized carbons (Fsp3) is 0.875. The molecule has 6 nitrogen and oxygen atoms in total. The maximum Gasteiger partial charge on any atom is 0.306 e. The summed E-state index contributed by atoms with van der Waals surface area (Å²) in [5.41, 5.74) is 0. The molecule has 1 atom stereocenters. The number of esters is 3. The van der Waals surface area contributed by atoms with Crippen molar-refractivity contribution >= 4 is 17.9 Å². The predicted octanol–water partition coefficient (Wildman–Crippen LogP) is 23.9. The predicted molar refractivity (Wildman–Crippen MR) is 339 cm³/mol. The molecule has 0 aromatic rings. The number of allylic oxidation sites excluding steroid dienone is 6. The number of carbonyl (C=O) groups excluding carboxylic acids is 3. The third-order valence-corrected chi connectivity index (χ3v) is 15.9. The first kappa shape index (κ1) is 75.6. The number of rotatable bonds is 65. The average Bonchev–Trinajstić information content (AvgIpc) is 3.44. The van der Waals surface area contributed by atoms with Crippen molar-refractivity contribution in [3.05, 3.63) is 36.5 Å². The molecule has 0 aromatic carbocycles. The molecule has 0 rings (SSSR count). The van der Waals surface area contributed by atoms with Crippen molar-refractivity contribution in [1.29, 1.82) is 0 Å². The summed E-state index contributed by atoms with van der Waals surface area (Å²) in [7, 11) is 0. The van der Waals surface area contributed by atoms with Crippen LogP contribution < -0.4 is 0 Å². The Balaban J connectivity index is 4.23. The molecule has 0 bridgehead atoms. The van der Waals surface area contributed by atoms with Crippen LogP contribution >= 0.6 is 0 Å². The second-order valence-corrected chi connectivity index (χ2v) is 23.8. The lowest BCUT2D eigenvalue weighted by Gasteiger charge is -2.18. The summed E-state index contributed by atoms with van der Waals surface area (Å²) in [5.74, 6) is -0.877. The Morgan fingerprint density at radius 2 is 0.500 bits per heavy atom. The molecule has 0 radical (unpaired) electrons. The van der Waals surface area contributed by atoms with Crippen LogP contribution in [0.25, 0.3) is 0 Å². The first-order chi connectivity index (χ1) is 38.5. The van der Waals surface area contributed by atoms with Crippen LogP contribution in [0.4, 0.5) is 0 Å². The molecule has 458 valence electrons. The monoisotopic (exact) mass is 1100 g/mol. The Morgan fingerprint density at radius 1 is 0.269 bits per heavy atom. The van der Waals surface area contributed by atoms with E-state index in [4.69, 9.17) is 14.2 Å². The number of carbonyl (C=O) groups is 3. The van der Waals surface area contributed by atoms with Gasteiger partial charge >= 0.3 is 17.9 Å². The molecular formula is C72H134O6. The number of ether oxygens (including phenoxy) is 3. The van der Waals surface area contributed by atoms with E-state index in [-0.39, 0.29) is 31.1 Å². The van der Waals surface area contributed by atoms with E-state index in [9.17, 15) is 14.4 Å². The fourth-order valence-corrected chi connectivity index (χ4v) is 10.7. The van der Waals surface area contributed by atoms with Gasteiger partial charge in [-0.15, -0.1) is 0 Å². The molecular weight excluding hydrogens is 961 g/mol. The Kier molecular flexibility index (Phi) is 65.1. The highest BCUT2D eigenvalue weighted by atomic mass is 16.6. The van der Waals surface area contributed by atoms with Gasteiger partial charge in [0.15, 0.2) is 6.10 Å². The highest BCUT2D eigenvalue weighted by Gasteiger charge is 2.19. The van der Waals surface area contributed by atoms with Gasteiger partial charge in [-0.2, -0.15) is 0 Å². The molecule has 1 unspecified atom stereocenters. The lowest BCUT2D eigenvalue weighted by molar-refractivity contribution is -0.167. The van der Waals surface area contributed by atoms with Gasteiger partial charge in [-0.05, 0) is 51.4 Å². The second-order valence-electron chi connectivity index (χ2n) is 23.8. The van der Waals surface area contributed by atoms with E-state index in [0.717, 1.165) is 83.5 Å². The Labute approximate surface area is 486 Å². The van der Waals surface area contributed by atoms with Crippen LogP contribution in [0.5, 0.6) is 0 Å². The maximum absolute atomic E-state index is 12.9. The quantitative estimate of drug-likeness (QED) is 0.0261. The number of unbranched alkanes of at least 4 members (excludes halogenated alkanes) is 48. The lowest BCUT2D eigenvalue weighted by atomic mass is 10.0. The molecule has 0 spiro atoms. The summed E-state index contributed by atoms with van der Waals surface area (Å²) in [4.78, 5) is 38.4. The molecule has 0 saturated carbocycles. The summed E-state index contributed by atoms with van der Waals surface area (Å²) in [5, 5.41) is 0. The molecule has 0 heterocycles. The zero-order valence-corrected chi connectivity index (χ0v) is 52.7. The van der Waals surface area contributed by atoms with E-state index in [1.165, 1.54) is 263 Å². The minimum absolute atomic E-state index is 0.0758. The van der Waals surface area contributed by atoms with Gasteiger partial charge in [0.05, 0.1) is 0 Å². The molecule has 0 aliphatic carbocycles. The van der Waals surface area contributed by atoms with Crippen LogP contribution in [0.15, 0.2) is 36.5 Å². The first-order valence-corrected chi connectivity index (χ1v) is 35.0.